The minimum atomic E-state index is 0.0476. The van der Waals surface area contributed by atoms with Crippen molar-refractivity contribution in [2.24, 2.45) is 0 Å². The second-order valence-corrected chi connectivity index (χ2v) is 5.03. The summed E-state index contributed by atoms with van der Waals surface area (Å²) < 4.78 is 0.818. The van der Waals surface area contributed by atoms with Gasteiger partial charge < -0.3 is 5.11 Å². The maximum Gasteiger partial charge on any atom is 0.0638 e. The second-order valence-electron chi connectivity index (χ2n) is 2.38. The predicted molar refractivity (Wildman–Crippen MR) is 56.3 cm³/mol. The van der Waals surface area contributed by atoms with Gasteiger partial charge in [0.05, 0.1) is 3.39 Å². The first-order valence-corrected chi connectivity index (χ1v) is 5.00. The van der Waals surface area contributed by atoms with Gasteiger partial charge in [0.15, 0.2) is 0 Å². The van der Waals surface area contributed by atoms with Gasteiger partial charge in [0.1, 0.15) is 0 Å². The van der Waals surface area contributed by atoms with Crippen molar-refractivity contribution in [2.45, 2.75) is 6.92 Å². The van der Waals surface area contributed by atoms with E-state index >= 15 is 0 Å². The number of allylic oxidation sites excluding steroid dienone is 1. The summed E-state index contributed by atoms with van der Waals surface area (Å²) in [7, 11) is 0. The molecule has 0 saturated heterocycles. The molecule has 0 aromatic heterocycles. The van der Waals surface area contributed by atoms with Gasteiger partial charge in [0.25, 0.3) is 0 Å². The largest absolute Gasteiger partial charge is 0.872 e. The van der Waals surface area contributed by atoms with Gasteiger partial charge in [0.2, 0.25) is 0 Å². The standard InChI is InChI=1S/C9H8Br2O/c1-6(9(10)11)7-4-2-3-5-8(7)12/h2-5,12H,1H3/p-1. The molecule has 1 aromatic rings. The van der Waals surface area contributed by atoms with Gasteiger partial charge in [0, 0.05) is 0 Å². The average molecular weight is 291 g/mol. The Labute approximate surface area is 88.4 Å². The lowest BCUT2D eigenvalue weighted by Gasteiger charge is -2.13. The highest BCUT2D eigenvalue weighted by atomic mass is 79.9. The second kappa shape index (κ2) is 4.10. The molecule has 3 heteroatoms. The quantitative estimate of drug-likeness (QED) is 0.779. The van der Waals surface area contributed by atoms with Crippen LogP contribution in [0.1, 0.15) is 12.5 Å². The summed E-state index contributed by atoms with van der Waals surface area (Å²) in [5, 5.41) is 11.3. The van der Waals surface area contributed by atoms with Gasteiger partial charge in [-0.15, -0.1) is 5.75 Å². The zero-order valence-electron chi connectivity index (χ0n) is 6.47. The molecule has 0 amide bonds. The molecule has 0 fully saturated rings. The maximum absolute atomic E-state index is 11.3. The lowest BCUT2D eigenvalue weighted by atomic mass is 10.1. The molecule has 1 nitrogen and oxygen atoms in total. The summed E-state index contributed by atoms with van der Waals surface area (Å²) in [6, 6.07) is 6.95. The zero-order valence-corrected chi connectivity index (χ0v) is 9.65. The Kier molecular flexibility index (Phi) is 3.35. The fourth-order valence-electron chi connectivity index (χ4n) is 0.878. The third kappa shape index (κ3) is 2.11. The number of benzene rings is 1. The molecule has 0 N–H and O–H groups in total. The lowest BCUT2D eigenvalue weighted by Crippen LogP contribution is -1.94. The number of hydrogen-bond acceptors (Lipinski definition) is 1. The molecule has 0 bridgehead atoms. The Bertz CT molecular complexity index is 314. The predicted octanol–water partition coefficient (Wildman–Crippen LogP) is 3.24. The SMILES string of the molecule is CC(=C(Br)Br)c1ccccc1[O-]. The van der Waals surface area contributed by atoms with Crippen molar-refractivity contribution in [3.8, 4) is 5.75 Å². The van der Waals surface area contributed by atoms with Crippen LogP contribution in [-0.4, -0.2) is 0 Å². The van der Waals surface area contributed by atoms with Crippen LogP contribution in [-0.2, 0) is 0 Å². The van der Waals surface area contributed by atoms with Gasteiger partial charge in [-0.1, -0.05) is 24.3 Å². The fraction of sp³-hybridized carbons (Fsp3) is 0.111. The van der Waals surface area contributed by atoms with Gasteiger partial charge in [-0.3, -0.25) is 0 Å². The maximum atomic E-state index is 11.3. The van der Waals surface area contributed by atoms with Crippen molar-refractivity contribution in [3.63, 3.8) is 0 Å². The minimum absolute atomic E-state index is 0.0476. The van der Waals surface area contributed by atoms with Crippen LogP contribution >= 0.6 is 31.9 Å². The van der Waals surface area contributed by atoms with Crippen molar-refractivity contribution < 1.29 is 5.11 Å². The van der Waals surface area contributed by atoms with Crippen molar-refractivity contribution in [2.75, 3.05) is 0 Å². The van der Waals surface area contributed by atoms with E-state index in [0.29, 0.717) is 0 Å². The van der Waals surface area contributed by atoms with Crippen molar-refractivity contribution in [1.29, 1.82) is 0 Å². The smallest absolute Gasteiger partial charge is 0.0638 e. The Balaban J connectivity index is 3.21. The molecule has 0 atom stereocenters. The first-order chi connectivity index (χ1) is 5.63. The van der Waals surface area contributed by atoms with Crippen LogP contribution in [0, 0.1) is 0 Å². The van der Waals surface area contributed by atoms with Gasteiger partial charge in [-0.05, 0) is 49.9 Å². The topological polar surface area (TPSA) is 23.1 Å². The number of rotatable bonds is 1. The van der Waals surface area contributed by atoms with Crippen LogP contribution in [0.25, 0.3) is 5.57 Å². The van der Waals surface area contributed by atoms with Crippen LogP contribution in [0.2, 0.25) is 0 Å². The summed E-state index contributed by atoms with van der Waals surface area (Å²) in [4.78, 5) is 0. The van der Waals surface area contributed by atoms with E-state index in [1.807, 2.05) is 13.0 Å². The molecule has 0 heterocycles. The third-order valence-electron chi connectivity index (χ3n) is 1.57. The molecule has 0 aliphatic heterocycles. The first-order valence-electron chi connectivity index (χ1n) is 3.41. The zero-order chi connectivity index (χ0) is 9.14. The van der Waals surface area contributed by atoms with E-state index in [1.54, 1.807) is 18.2 Å². The van der Waals surface area contributed by atoms with Crippen molar-refractivity contribution >= 4 is 37.4 Å². The van der Waals surface area contributed by atoms with Gasteiger partial charge in [-0.2, -0.15) is 0 Å². The van der Waals surface area contributed by atoms with E-state index in [0.717, 1.165) is 14.5 Å². The Morgan fingerprint density at radius 1 is 1.25 bits per heavy atom. The summed E-state index contributed by atoms with van der Waals surface area (Å²) in [5.41, 5.74) is 1.64. The summed E-state index contributed by atoms with van der Waals surface area (Å²) in [6.07, 6.45) is 0. The molecule has 0 saturated carbocycles. The van der Waals surface area contributed by atoms with Crippen LogP contribution in [0.5, 0.6) is 5.75 Å². The molecule has 0 aliphatic carbocycles. The Morgan fingerprint density at radius 2 is 1.83 bits per heavy atom. The van der Waals surface area contributed by atoms with Gasteiger partial charge in [-0.25, -0.2) is 0 Å². The molecule has 1 rings (SSSR count). The van der Waals surface area contributed by atoms with Crippen molar-refractivity contribution in [3.05, 3.63) is 33.2 Å². The highest BCUT2D eigenvalue weighted by Crippen LogP contribution is 2.30. The number of halogens is 2. The van der Waals surface area contributed by atoms with E-state index in [4.69, 9.17) is 0 Å². The third-order valence-corrected chi connectivity index (χ3v) is 2.76. The van der Waals surface area contributed by atoms with Crippen LogP contribution in [0.3, 0.4) is 0 Å². The summed E-state index contributed by atoms with van der Waals surface area (Å²) in [5.74, 6) is 0.0476. The lowest BCUT2D eigenvalue weighted by molar-refractivity contribution is -0.268. The van der Waals surface area contributed by atoms with Gasteiger partial charge >= 0.3 is 0 Å². The van der Waals surface area contributed by atoms with Crippen molar-refractivity contribution in [1.82, 2.24) is 0 Å². The Hall–Kier alpha value is -0.280. The van der Waals surface area contributed by atoms with Crippen LogP contribution in [0.4, 0.5) is 0 Å². The summed E-state index contributed by atoms with van der Waals surface area (Å²) in [6.45, 7) is 1.88. The molecular weight excluding hydrogens is 284 g/mol. The van der Waals surface area contributed by atoms with E-state index in [-0.39, 0.29) is 5.75 Å². The van der Waals surface area contributed by atoms with E-state index in [2.05, 4.69) is 31.9 Å². The van der Waals surface area contributed by atoms with E-state index in [1.165, 1.54) is 0 Å². The van der Waals surface area contributed by atoms with E-state index in [9.17, 15) is 5.11 Å². The highest BCUT2D eigenvalue weighted by Gasteiger charge is 1.98. The summed E-state index contributed by atoms with van der Waals surface area (Å²) >= 11 is 6.54. The number of para-hydroxylation sites is 1. The molecule has 0 aliphatic rings. The minimum Gasteiger partial charge on any atom is -0.872 e. The van der Waals surface area contributed by atoms with E-state index < -0.39 is 0 Å². The average Bonchev–Trinajstić information content (AvgIpc) is 2.04. The molecule has 0 unspecified atom stereocenters. The fourth-order valence-corrected chi connectivity index (χ4v) is 1.31. The normalized spacial score (nSPS) is 9.58. The Morgan fingerprint density at radius 3 is 2.33 bits per heavy atom. The molecular formula is C9H7Br2O-. The molecule has 12 heavy (non-hydrogen) atoms. The number of hydrogen-bond donors (Lipinski definition) is 0. The molecule has 64 valence electrons. The molecule has 0 spiro atoms. The monoisotopic (exact) mass is 289 g/mol. The van der Waals surface area contributed by atoms with Crippen LogP contribution < -0.4 is 5.11 Å². The molecule has 1 aromatic carbocycles. The highest BCUT2D eigenvalue weighted by molar-refractivity contribution is 9.28. The van der Waals surface area contributed by atoms with Crippen LogP contribution in [0.15, 0.2) is 27.7 Å². The molecule has 0 radical (unpaired) electrons. The first kappa shape index (κ1) is 9.81.